The molecule has 1 aromatic heterocycles. The largest absolute Gasteiger partial charge is 0.508 e. The van der Waals surface area contributed by atoms with Crippen molar-refractivity contribution in [2.45, 2.75) is 24.5 Å². The molecule has 1 unspecified atom stereocenters. The Hall–Kier alpha value is -3.57. The number of nitrogens with zero attached hydrogens (tertiary/aromatic N) is 2. The highest BCUT2D eigenvalue weighted by Gasteiger charge is 2.29. The molecule has 0 saturated carbocycles. The van der Waals surface area contributed by atoms with Gasteiger partial charge in [0.2, 0.25) is 10.0 Å². The fourth-order valence-electron chi connectivity index (χ4n) is 3.54. The number of hydrogen-bond donors (Lipinski definition) is 5. The molecule has 4 rings (SSSR count). The summed E-state index contributed by atoms with van der Waals surface area (Å²) in [4.78, 5) is -0.0495. The Morgan fingerprint density at radius 3 is 2.41 bits per heavy atom. The summed E-state index contributed by atoms with van der Waals surface area (Å²) >= 11 is 0. The molecular formula is C24H24N4O5S. The van der Waals surface area contributed by atoms with Gasteiger partial charge in [0.05, 0.1) is 11.5 Å². The van der Waals surface area contributed by atoms with Crippen molar-refractivity contribution in [2.24, 2.45) is 0 Å². The first-order chi connectivity index (χ1) is 16.1. The van der Waals surface area contributed by atoms with Gasteiger partial charge in [-0.25, -0.2) is 8.42 Å². The summed E-state index contributed by atoms with van der Waals surface area (Å²) in [5.74, 6) is 0.589. The predicted octanol–water partition coefficient (Wildman–Crippen LogP) is 3.03. The maximum absolute atomic E-state index is 12.9. The number of anilines is 2. The number of phenolic OH excluding ortho intramolecular Hbond substituents is 1. The van der Waals surface area contributed by atoms with Gasteiger partial charge in [-0.3, -0.25) is 0 Å². The second-order valence-corrected chi connectivity index (χ2v) is 9.79. The number of aryl methyl sites for hydroxylation is 1. The smallest absolute Gasteiger partial charge is 0.243 e. The third kappa shape index (κ3) is 4.85. The number of sulfonamides is 1. The number of rotatable bonds is 7. The van der Waals surface area contributed by atoms with Crippen LogP contribution in [0.15, 0.2) is 71.6 Å². The zero-order chi connectivity index (χ0) is 24.5. The van der Waals surface area contributed by atoms with Crippen LogP contribution in [0.25, 0.3) is 22.0 Å². The second-order valence-electron chi connectivity index (χ2n) is 8.14. The van der Waals surface area contributed by atoms with Crippen LogP contribution in [0, 0.1) is 6.92 Å². The summed E-state index contributed by atoms with van der Waals surface area (Å²) in [5, 5.41) is 42.3. The van der Waals surface area contributed by atoms with E-state index in [-0.39, 0.29) is 10.6 Å². The Labute approximate surface area is 196 Å². The zero-order valence-electron chi connectivity index (χ0n) is 18.5. The van der Waals surface area contributed by atoms with Crippen LogP contribution in [-0.2, 0) is 10.0 Å². The maximum Gasteiger partial charge on any atom is 0.243 e. The predicted molar refractivity (Wildman–Crippen MR) is 129 cm³/mol. The van der Waals surface area contributed by atoms with E-state index in [4.69, 9.17) is 0 Å². The number of nitrogens with one attached hydrogen (secondary N) is 2. The molecule has 5 N–H and O–H groups in total. The zero-order valence-corrected chi connectivity index (χ0v) is 19.3. The number of benzene rings is 3. The van der Waals surface area contributed by atoms with Gasteiger partial charge in [-0.05, 0) is 37.6 Å². The molecule has 0 aliphatic carbocycles. The first-order valence-corrected chi connectivity index (χ1v) is 11.9. The van der Waals surface area contributed by atoms with E-state index in [1.165, 1.54) is 13.0 Å². The third-order valence-corrected chi connectivity index (χ3v) is 6.94. The molecule has 176 valence electrons. The molecule has 0 aliphatic rings. The van der Waals surface area contributed by atoms with Crippen LogP contribution in [0.5, 0.6) is 5.75 Å². The van der Waals surface area contributed by atoms with Gasteiger partial charge in [-0.1, -0.05) is 42.5 Å². The van der Waals surface area contributed by atoms with Gasteiger partial charge in [-0.2, -0.15) is 4.72 Å². The first-order valence-electron chi connectivity index (χ1n) is 10.4. The Morgan fingerprint density at radius 2 is 1.71 bits per heavy atom. The molecule has 4 aromatic rings. The molecule has 9 nitrogen and oxygen atoms in total. The highest BCUT2D eigenvalue weighted by Crippen LogP contribution is 2.33. The van der Waals surface area contributed by atoms with Gasteiger partial charge >= 0.3 is 0 Å². The van der Waals surface area contributed by atoms with Crippen molar-refractivity contribution >= 4 is 32.3 Å². The lowest BCUT2D eigenvalue weighted by Crippen LogP contribution is -2.48. The quantitative estimate of drug-likeness (QED) is 0.254. The highest BCUT2D eigenvalue weighted by atomic mass is 32.2. The van der Waals surface area contributed by atoms with Crippen molar-refractivity contribution in [3.63, 3.8) is 0 Å². The number of fused-ring (bicyclic) bond motifs is 1. The lowest BCUT2D eigenvalue weighted by Gasteiger charge is -2.22. The molecule has 0 aliphatic heterocycles. The van der Waals surface area contributed by atoms with E-state index < -0.39 is 22.4 Å². The van der Waals surface area contributed by atoms with Gasteiger partial charge in [0.25, 0.3) is 0 Å². The van der Waals surface area contributed by atoms with Crippen LogP contribution in [0.4, 0.5) is 11.5 Å². The topological polar surface area (TPSA) is 145 Å². The molecule has 0 fully saturated rings. The van der Waals surface area contributed by atoms with Gasteiger partial charge in [0.15, 0.2) is 5.82 Å². The summed E-state index contributed by atoms with van der Waals surface area (Å²) in [6, 6.07) is 18.9. The van der Waals surface area contributed by atoms with Gasteiger partial charge in [-0.15, -0.1) is 10.2 Å². The average molecular weight is 481 g/mol. The molecule has 34 heavy (non-hydrogen) atoms. The Morgan fingerprint density at radius 1 is 0.971 bits per heavy atom. The van der Waals surface area contributed by atoms with Crippen molar-refractivity contribution in [2.75, 3.05) is 11.9 Å². The van der Waals surface area contributed by atoms with Crippen molar-refractivity contribution in [1.82, 2.24) is 14.9 Å². The molecular weight excluding hydrogens is 456 g/mol. The number of aliphatic hydroxyl groups is 2. The minimum Gasteiger partial charge on any atom is -0.508 e. The minimum atomic E-state index is -4.14. The molecule has 1 atom stereocenters. The summed E-state index contributed by atoms with van der Waals surface area (Å²) < 4.78 is 27.9. The van der Waals surface area contributed by atoms with Crippen molar-refractivity contribution in [1.29, 1.82) is 0 Å². The van der Waals surface area contributed by atoms with Crippen LogP contribution in [0.1, 0.15) is 12.5 Å². The fourth-order valence-corrected chi connectivity index (χ4v) is 5.07. The number of phenols is 1. The number of aromatic nitrogens is 2. The molecule has 0 radical (unpaired) electrons. The van der Waals surface area contributed by atoms with Gasteiger partial charge in [0.1, 0.15) is 17.2 Å². The lowest BCUT2D eigenvalue weighted by molar-refractivity contribution is -0.00752. The van der Waals surface area contributed by atoms with Crippen LogP contribution in [-0.4, -0.2) is 46.3 Å². The number of hydrogen-bond acceptors (Lipinski definition) is 8. The molecule has 3 aromatic carbocycles. The fraction of sp³-hybridized carbons (Fsp3) is 0.167. The second kappa shape index (κ2) is 8.99. The standard InChI is InChI=1S/C24H24N4O5S/c1-15-10-11-16(12-21(15)34(32,33)28-24(2,31)14-29)22-19-8-3-4-9-20(19)23(27-26-22)25-17-6-5-7-18(30)13-17/h3-13,28-31H,14H2,1-2H3,(H,25,27). The van der Waals surface area contributed by atoms with E-state index in [1.54, 1.807) is 43.3 Å². The summed E-state index contributed by atoms with van der Waals surface area (Å²) in [6.07, 6.45) is 0. The maximum atomic E-state index is 12.9. The lowest BCUT2D eigenvalue weighted by atomic mass is 10.0. The van der Waals surface area contributed by atoms with E-state index >= 15 is 0 Å². The summed E-state index contributed by atoms with van der Waals surface area (Å²) in [6.45, 7) is 2.02. The van der Waals surface area contributed by atoms with E-state index in [1.807, 2.05) is 24.3 Å². The van der Waals surface area contributed by atoms with E-state index in [9.17, 15) is 23.7 Å². The highest BCUT2D eigenvalue weighted by molar-refractivity contribution is 7.89. The molecule has 1 heterocycles. The van der Waals surface area contributed by atoms with Gasteiger partial charge in [0, 0.05) is 28.1 Å². The van der Waals surface area contributed by atoms with Crippen molar-refractivity contribution < 1.29 is 23.7 Å². The molecule has 0 amide bonds. The normalized spacial score (nSPS) is 13.5. The minimum absolute atomic E-state index is 0.0495. The van der Waals surface area contributed by atoms with Crippen LogP contribution >= 0.6 is 0 Å². The third-order valence-electron chi connectivity index (χ3n) is 5.21. The Bertz CT molecular complexity index is 1470. The number of aliphatic hydroxyl groups excluding tert-OH is 1. The van der Waals surface area contributed by atoms with E-state index in [2.05, 4.69) is 20.2 Å². The monoisotopic (exact) mass is 480 g/mol. The Balaban J connectivity index is 1.80. The van der Waals surface area contributed by atoms with Crippen LogP contribution in [0.3, 0.4) is 0 Å². The molecule has 10 heteroatoms. The summed E-state index contributed by atoms with van der Waals surface area (Å²) in [5.41, 5.74) is 0.0828. The number of aromatic hydroxyl groups is 1. The Kier molecular flexibility index (Phi) is 6.24. The first kappa shape index (κ1) is 23.6. The summed E-state index contributed by atoms with van der Waals surface area (Å²) in [7, 11) is -4.14. The van der Waals surface area contributed by atoms with Crippen LogP contribution < -0.4 is 10.0 Å². The van der Waals surface area contributed by atoms with E-state index in [0.717, 1.165) is 10.8 Å². The van der Waals surface area contributed by atoms with Crippen molar-refractivity contribution in [3.8, 4) is 17.0 Å². The SMILES string of the molecule is Cc1ccc(-c2nnc(Nc3cccc(O)c3)c3ccccc23)cc1S(=O)(=O)NC(C)(O)CO. The van der Waals surface area contributed by atoms with Crippen LogP contribution in [0.2, 0.25) is 0 Å². The molecule has 0 bridgehead atoms. The average Bonchev–Trinajstić information content (AvgIpc) is 2.79. The molecule has 0 spiro atoms. The van der Waals surface area contributed by atoms with Crippen molar-refractivity contribution in [3.05, 3.63) is 72.3 Å². The van der Waals surface area contributed by atoms with Gasteiger partial charge < -0.3 is 20.6 Å². The molecule has 0 saturated heterocycles. The van der Waals surface area contributed by atoms with E-state index in [0.29, 0.717) is 28.3 Å².